The lowest BCUT2D eigenvalue weighted by molar-refractivity contribution is -0.384. The number of hydrogen-bond acceptors (Lipinski definition) is 8. The van der Waals surface area contributed by atoms with Crippen LogP contribution in [0.3, 0.4) is 0 Å². The van der Waals surface area contributed by atoms with Crippen molar-refractivity contribution in [2.24, 2.45) is 10.2 Å². The van der Waals surface area contributed by atoms with Crippen LogP contribution in [-0.4, -0.2) is 26.7 Å². The van der Waals surface area contributed by atoms with E-state index in [0.717, 1.165) is 4.68 Å². The summed E-state index contributed by atoms with van der Waals surface area (Å²) in [6.07, 6.45) is 0. The Morgan fingerprint density at radius 3 is 2.31 bits per heavy atom. The zero-order valence-corrected chi connectivity index (χ0v) is 15.2. The van der Waals surface area contributed by atoms with Gasteiger partial charge in [-0.15, -0.1) is 10.2 Å². The van der Waals surface area contributed by atoms with Crippen molar-refractivity contribution in [2.75, 3.05) is 7.11 Å². The second-order valence-corrected chi connectivity index (χ2v) is 5.81. The lowest BCUT2D eigenvalue weighted by Gasteiger charge is -2.00. The van der Waals surface area contributed by atoms with E-state index in [1.165, 1.54) is 49.6 Å². The molecule has 3 rings (SSSR count). The summed E-state index contributed by atoms with van der Waals surface area (Å²) in [5.41, 5.74) is -0.356. The van der Waals surface area contributed by atoms with Gasteiger partial charge in [-0.1, -0.05) is 0 Å². The van der Waals surface area contributed by atoms with Gasteiger partial charge in [0, 0.05) is 12.1 Å². The van der Waals surface area contributed by atoms with Crippen LogP contribution in [0.5, 0.6) is 5.75 Å². The quantitative estimate of drug-likeness (QED) is 0.378. The molecular formula is C17H14N6O6. The molecule has 0 aliphatic rings. The van der Waals surface area contributed by atoms with Crippen molar-refractivity contribution in [3.8, 4) is 11.4 Å². The molecule has 148 valence electrons. The molecule has 0 aliphatic heterocycles. The van der Waals surface area contributed by atoms with Gasteiger partial charge in [-0.05, 0) is 31.2 Å². The van der Waals surface area contributed by atoms with Crippen LogP contribution in [-0.2, 0) is 0 Å². The average Bonchev–Trinajstić information content (AvgIpc) is 2.99. The predicted molar refractivity (Wildman–Crippen MR) is 102 cm³/mol. The summed E-state index contributed by atoms with van der Waals surface area (Å²) < 4.78 is 6.11. The summed E-state index contributed by atoms with van der Waals surface area (Å²) in [7, 11) is 1.38. The minimum absolute atomic E-state index is 0.0438. The first kappa shape index (κ1) is 19.4. The van der Waals surface area contributed by atoms with Gasteiger partial charge in [0.25, 0.3) is 16.9 Å². The summed E-state index contributed by atoms with van der Waals surface area (Å²) in [5.74, 6) is 0.286. The third kappa shape index (κ3) is 3.85. The molecular weight excluding hydrogens is 384 g/mol. The first-order chi connectivity index (χ1) is 13.8. The molecule has 12 nitrogen and oxygen atoms in total. The molecule has 0 saturated heterocycles. The molecule has 0 fully saturated rings. The highest BCUT2D eigenvalue weighted by atomic mass is 16.6. The van der Waals surface area contributed by atoms with Gasteiger partial charge in [0.1, 0.15) is 5.75 Å². The standard InChI is InChI=1S/C17H14N6O6/c1-10-16(19-18-14-8-7-13(29-2)9-15(14)23(27)28)17(24)21(20-10)11-3-5-12(6-4-11)22(25)26/h3-9,20H,1-2H3. The molecule has 0 unspecified atom stereocenters. The number of methoxy groups -OCH3 is 1. The molecule has 1 aromatic heterocycles. The van der Waals surface area contributed by atoms with Crippen LogP contribution < -0.4 is 10.3 Å². The number of ether oxygens (including phenoxy) is 1. The predicted octanol–water partition coefficient (Wildman–Crippen LogP) is 3.71. The zero-order valence-electron chi connectivity index (χ0n) is 15.2. The maximum absolute atomic E-state index is 12.6. The minimum atomic E-state index is -0.629. The molecule has 29 heavy (non-hydrogen) atoms. The first-order valence-corrected chi connectivity index (χ1v) is 8.12. The Hall–Kier alpha value is -4.35. The minimum Gasteiger partial charge on any atom is -0.496 e. The number of rotatable bonds is 6. The van der Waals surface area contributed by atoms with Crippen LogP contribution in [0, 0.1) is 27.2 Å². The fourth-order valence-electron chi connectivity index (χ4n) is 2.53. The Bertz CT molecular complexity index is 1180. The fourth-order valence-corrected chi connectivity index (χ4v) is 2.53. The third-order valence-corrected chi connectivity index (χ3v) is 4.00. The Kier molecular flexibility index (Phi) is 5.17. The van der Waals surface area contributed by atoms with Crippen molar-refractivity contribution in [3.05, 3.63) is 78.7 Å². The van der Waals surface area contributed by atoms with Crippen molar-refractivity contribution < 1.29 is 14.6 Å². The van der Waals surface area contributed by atoms with Crippen molar-refractivity contribution >= 4 is 22.7 Å². The van der Waals surface area contributed by atoms with Crippen LogP contribution >= 0.6 is 0 Å². The number of azo groups is 1. The van der Waals surface area contributed by atoms with Crippen LogP contribution in [0.4, 0.5) is 22.7 Å². The molecule has 0 radical (unpaired) electrons. The summed E-state index contributed by atoms with van der Waals surface area (Å²) in [5, 5.41) is 32.5. The van der Waals surface area contributed by atoms with Crippen LogP contribution in [0.15, 0.2) is 57.5 Å². The van der Waals surface area contributed by atoms with E-state index in [4.69, 9.17) is 4.74 Å². The van der Waals surface area contributed by atoms with E-state index in [9.17, 15) is 25.0 Å². The number of non-ortho nitro benzene ring substituents is 1. The zero-order chi connectivity index (χ0) is 21.1. The molecule has 0 spiro atoms. The second-order valence-electron chi connectivity index (χ2n) is 5.81. The monoisotopic (exact) mass is 398 g/mol. The van der Waals surface area contributed by atoms with Gasteiger partial charge >= 0.3 is 0 Å². The number of nitro benzene ring substituents is 2. The summed E-state index contributed by atoms with van der Waals surface area (Å²) >= 11 is 0. The largest absolute Gasteiger partial charge is 0.496 e. The first-order valence-electron chi connectivity index (χ1n) is 8.12. The van der Waals surface area contributed by atoms with Gasteiger partial charge in [-0.3, -0.25) is 30.1 Å². The van der Waals surface area contributed by atoms with Crippen LogP contribution in [0.25, 0.3) is 5.69 Å². The maximum atomic E-state index is 12.6. The lowest BCUT2D eigenvalue weighted by atomic mass is 10.2. The average molecular weight is 398 g/mol. The molecule has 0 aliphatic carbocycles. The Labute approximate surface area is 162 Å². The van der Waals surface area contributed by atoms with Crippen molar-refractivity contribution in [1.29, 1.82) is 0 Å². The second kappa shape index (κ2) is 7.72. The van der Waals surface area contributed by atoms with Gasteiger partial charge in [0.15, 0.2) is 11.4 Å². The number of aromatic nitrogens is 2. The van der Waals surface area contributed by atoms with Gasteiger partial charge in [-0.25, -0.2) is 4.68 Å². The number of benzene rings is 2. The highest BCUT2D eigenvalue weighted by Crippen LogP contribution is 2.32. The smallest absolute Gasteiger partial charge is 0.300 e. The van der Waals surface area contributed by atoms with Crippen molar-refractivity contribution in [3.63, 3.8) is 0 Å². The van der Waals surface area contributed by atoms with E-state index in [1.54, 1.807) is 6.92 Å². The van der Waals surface area contributed by atoms with Crippen molar-refractivity contribution in [2.45, 2.75) is 6.92 Å². The topological polar surface area (TPSA) is 158 Å². The Morgan fingerprint density at radius 2 is 1.72 bits per heavy atom. The summed E-state index contributed by atoms with van der Waals surface area (Å²) in [4.78, 5) is 33.4. The highest BCUT2D eigenvalue weighted by Gasteiger charge is 2.17. The molecule has 1 heterocycles. The molecule has 0 amide bonds. The fraction of sp³-hybridized carbons (Fsp3) is 0.118. The van der Waals surface area contributed by atoms with E-state index in [1.807, 2.05) is 0 Å². The Balaban J connectivity index is 1.98. The number of nitro groups is 2. The SMILES string of the molecule is COc1ccc(N=Nc2c(C)[nH]n(-c3ccc([N+](=O)[O-])cc3)c2=O)c([N+](=O)[O-])c1. The van der Waals surface area contributed by atoms with E-state index in [0.29, 0.717) is 11.4 Å². The van der Waals surface area contributed by atoms with Gasteiger partial charge in [-0.2, -0.15) is 0 Å². The van der Waals surface area contributed by atoms with E-state index >= 15 is 0 Å². The molecule has 0 bridgehead atoms. The molecule has 3 aromatic rings. The molecule has 2 aromatic carbocycles. The summed E-state index contributed by atoms with van der Waals surface area (Å²) in [6, 6.07) is 9.39. The highest BCUT2D eigenvalue weighted by molar-refractivity contribution is 5.60. The number of aromatic amines is 1. The molecule has 0 atom stereocenters. The number of nitrogens with zero attached hydrogens (tertiary/aromatic N) is 5. The van der Waals surface area contributed by atoms with Crippen LogP contribution in [0.1, 0.15) is 5.69 Å². The van der Waals surface area contributed by atoms with E-state index in [-0.39, 0.29) is 28.5 Å². The molecule has 1 N–H and O–H groups in total. The van der Waals surface area contributed by atoms with E-state index < -0.39 is 15.4 Å². The van der Waals surface area contributed by atoms with Crippen molar-refractivity contribution in [1.82, 2.24) is 9.78 Å². The van der Waals surface area contributed by atoms with Crippen LogP contribution in [0.2, 0.25) is 0 Å². The summed E-state index contributed by atoms with van der Waals surface area (Å²) in [6.45, 7) is 1.58. The lowest BCUT2D eigenvalue weighted by Crippen LogP contribution is -2.13. The molecule has 12 heteroatoms. The number of H-pyrrole nitrogens is 1. The van der Waals surface area contributed by atoms with Gasteiger partial charge in [0.05, 0.1) is 34.4 Å². The number of hydrogen-bond donors (Lipinski definition) is 1. The van der Waals surface area contributed by atoms with Gasteiger partial charge in [0.2, 0.25) is 0 Å². The molecule has 0 saturated carbocycles. The third-order valence-electron chi connectivity index (χ3n) is 4.00. The Morgan fingerprint density at radius 1 is 1.03 bits per heavy atom. The van der Waals surface area contributed by atoms with Gasteiger partial charge < -0.3 is 4.74 Å². The normalized spacial score (nSPS) is 11.0. The maximum Gasteiger partial charge on any atom is 0.300 e. The van der Waals surface area contributed by atoms with E-state index in [2.05, 4.69) is 15.3 Å². The number of nitrogens with one attached hydrogen (secondary N) is 1. The number of aryl methyl sites for hydroxylation is 1.